The second-order valence-corrected chi connectivity index (χ2v) is 5.75. The molecule has 0 radical (unpaired) electrons. The molecule has 0 aliphatic heterocycles. The van der Waals surface area contributed by atoms with Gasteiger partial charge in [-0.1, -0.05) is 12.2 Å². The highest BCUT2D eigenvalue weighted by Gasteiger charge is 2.20. The highest BCUT2D eigenvalue weighted by atomic mass is 32.2. The molecule has 2 heterocycles. The number of rotatable bonds is 5. The summed E-state index contributed by atoms with van der Waals surface area (Å²) in [6.07, 6.45) is 4.57. The van der Waals surface area contributed by atoms with Crippen LogP contribution < -0.4 is 10.5 Å². The first-order valence-electron chi connectivity index (χ1n) is 5.23. The van der Waals surface area contributed by atoms with E-state index in [0.29, 0.717) is 5.82 Å². The fourth-order valence-corrected chi connectivity index (χ4v) is 2.81. The molecule has 0 aromatic carbocycles. The molecule has 0 aliphatic carbocycles. The van der Waals surface area contributed by atoms with Crippen LogP contribution in [0.5, 0.6) is 0 Å². The van der Waals surface area contributed by atoms with Crippen LogP contribution in [0.15, 0.2) is 35.6 Å². The first-order valence-corrected chi connectivity index (χ1v) is 7.12. The van der Waals surface area contributed by atoms with Crippen molar-refractivity contribution in [1.82, 2.24) is 19.7 Å². The van der Waals surface area contributed by atoms with Gasteiger partial charge < -0.3 is 10.7 Å². The minimum atomic E-state index is -3.75. The largest absolute Gasteiger partial charge is 0.388 e. The second-order valence-electron chi connectivity index (χ2n) is 3.57. The number of pyridine rings is 1. The number of nitrogens with zero attached hydrogens (tertiary/aromatic N) is 2. The number of nitrogens with two attached hydrogens (primary N) is 1. The van der Waals surface area contributed by atoms with Crippen LogP contribution in [0.1, 0.15) is 11.5 Å². The van der Waals surface area contributed by atoms with Crippen LogP contribution in [0.2, 0.25) is 0 Å². The quantitative estimate of drug-likeness (QED) is 0.665. The minimum absolute atomic E-state index is 0.0427. The van der Waals surface area contributed by atoms with Crippen molar-refractivity contribution < 1.29 is 8.42 Å². The van der Waals surface area contributed by atoms with Gasteiger partial charge in [-0.05, 0) is 12.1 Å². The highest BCUT2D eigenvalue weighted by molar-refractivity contribution is 7.89. The van der Waals surface area contributed by atoms with E-state index < -0.39 is 10.0 Å². The third-order valence-electron chi connectivity index (χ3n) is 2.28. The molecule has 4 N–H and O–H groups in total. The van der Waals surface area contributed by atoms with Crippen LogP contribution in [0.3, 0.4) is 0 Å². The molecular formula is C10H11N5O2S2. The van der Waals surface area contributed by atoms with Gasteiger partial charge in [-0.3, -0.25) is 4.98 Å². The Balaban J connectivity index is 2.27. The maximum atomic E-state index is 12.1. The summed E-state index contributed by atoms with van der Waals surface area (Å²) in [6.45, 7) is 0.0427. The van der Waals surface area contributed by atoms with Crippen LogP contribution in [0.4, 0.5) is 0 Å². The van der Waals surface area contributed by atoms with Crippen molar-refractivity contribution >= 4 is 27.2 Å². The van der Waals surface area contributed by atoms with Crippen LogP contribution in [-0.2, 0) is 16.6 Å². The molecule has 19 heavy (non-hydrogen) atoms. The van der Waals surface area contributed by atoms with Gasteiger partial charge in [0.05, 0.1) is 6.54 Å². The lowest BCUT2D eigenvalue weighted by molar-refractivity contribution is 0.579. The standard InChI is InChI=1S/C10H11N5O2S2/c11-10(18)9-7(2-1-3-14-9)19(16,17)15-6-8-12-4-5-13-8/h1-5,15H,6H2,(H2,11,18)(H,12,13). The van der Waals surface area contributed by atoms with E-state index in [1.54, 1.807) is 6.20 Å². The number of nitrogens with one attached hydrogen (secondary N) is 2. The number of aromatic amines is 1. The summed E-state index contributed by atoms with van der Waals surface area (Å²) in [5.74, 6) is 0.504. The predicted molar refractivity (Wildman–Crippen MR) is 72.7 cm³/mol. The van der Waals surface area contributed by atoms with Crippen molar-refractivity contribution in [3.8, 4) is 0 Å². The zero-order valence-electron chi connectivity index (χ0n) is 9.70. The molecule has 0 saturated carbocycles. The molecule has 100 valence electrons. The lowest BCUT2D eigenvalue weighted by Crippen LogP contribution is -2.27. The maximum absolute atomic E-state index is 12.1. The van der Waals surface area contributed by atoms with Gasteiger partial charge in [-0.25, -0.2) is 18.1 Å². The Morgan fingerprint density at radius 1 is 1.42 bits per heavy atom. The van der Waals surface area contributed by atoms with E-state index in [2.05, 4.69) is 19.7 Å². The van der Waals surface area contributed by atoms with Gasteiger partial charge in [0, 0.05) is 18.6 Å². The number of thiocarbonyl (C=S) groups is 1. The van der Waals surface area contributed by atoms with Crippen molar-refractivity contribution in [3.05, 3.63) is 42.2 Å². The monoisotopic (exact) mass is 297 g/mol. The molecule has 0 atom stereocenters. The van der Waals surface area contributed by atoms with E-state index in [1.807, 2.05) is 0 Å². The maximum Gasteiger partial charge on any atom is 0.243 e. The summed E-state index contributed by atoms with van der Waals surface area (Å²) in [5.41, 5.74) is 5.53. The number of aromatic nitrogens is 3. The third-order valence-corrected chi connectivity index (χ3v) is 3.90. The molecule has 0 bridgehead atoms. The number of hydrogen-bond acceptors (Lipinski definition) is 5. The average molecular weight is 297 g/mol. The van der Waals surface area contributed by atoms with E-state index in [-0.39, 0.29) is 22.1 Å². The number of imidazole rings is 1. The molecular weight excluding hydrogens is 286 g/mol. The summed E-state index contributed by atoms with van der Waals surface area (Å²) >= 11 is 4.79. The summed E-state index contributed by atoms with van der Waals surface area (Å²) < 4.78 is 26.7. The highest BCUT2D eigenvalue weighted by Crippen LogP contribution is 2.12. The van der Waals surface area contributed by atoms with Gasteiger partial charge in [0.1, 0.15) is 21.4 Å². The molecule has 2 aromatic heterocycles. The van der Waals surface area contributed by atoms with Gasteiger partial charge in [0.2, 0.25) is 10.0 Å². The first kappa shape index (κ1) is 13.6. The zero-order chi connectivity index (χ0) is 13.9. The molecule has 0 unspecified atom stereocenters. The second kappa shape index (κ2) is 5.43. The van der Waals surface area contributed by atoms with Gasteiger partial charge in [-0.2, -0.15) is 0 Å². The van der Waals surface area contributed by atoms with Gasteiger partial charge in [0.25, 0.3) is 0 Å². The van der Waals surface area contributed by atoms with E-state index in [4.69, 9.17) is 18.0 Å². The number of hydrogen-bond donors (Lipinski definition) is 3. The average Bonchev–Trinajstić information content (AvgIpc) is 2.89. The molecule has 0 aliphatic rings. The van der Waals surface area contributed by atoms with Crippen LogP contribution >= 0.6 is 12.2 Å². The Hall–Kier alpha value is -1.84. The van der Waals surface area contributed by atoms with Crippen molar-refractivity contribution in [3.63, 3.8) is 0 Å². The molecule has 2 aromatic rings. The molecule has 0 spiro atoms. The van der Waals surface area contributed by atoms with E-state index >= 15 is 0 Å². The van der Waals surface area contributed by atoms with Gasteiger partial charge >= 0.3 is 0 Å². The molecule has 0 fully saturated rings. The van der Waals surface area contributed by atoms with Crippen LogP contribution in [-0.4, -0.2) is 28.4 Å². The number of H-pyrrole nitrogens is 1. The predicted octanol–water partition coefficient (Wildman–Crippen LogP) is -0.0826. The normalized spacial score (nSPS) is 11.4. The molecule has 2 rings (SSSR count). The molecule has 7 nitrogen and oxygen atoms in total. The van der Waals surface area contributed by atoms with Crippen LogP contribution in [0.25, 0.3) is 0 Å². The van der Waals surface area contributed by atoms with E-state index in [0.717, 1.165) is 0 Å². The minimum Gasteiger partial charge on any atom is -0.388 e. The van der Waals surface area contributed by atoms with E-state index in [1.165, 1.54) is 24.5 Å². The SMILES string of the molecule is NC(=S)c1ncccc1S(=O)(=O)NCc1ncc[nH]1. The Morgan fingerprint density at radius 3 is 2.84 bits per heavy atom. The summed E-state index contributed by atoms with van der Waals surface area (Å²) in [6, 6.07) is 2.90. The van der Waals surface area contributed by atoms with Crippen molar-refractivity contribution in [1.29, 1.82) is 0 Å². The molecule has 0 saturated heterocycles. The van der Waals surface area contributed by atoms with Crippen molar-refractivity contribution in [2.75, 3.05) is 0 Å². The third kappa shape index (κ3) is 3.13. The number of sulfonamides is 1. The summed E-state index contributed by atoms with van der Waals surface area (Å²) in [5, 5.41) is 0. The fraction of sp³-hybridized carbons (Fsp3) is 0.100. The Labute approximate surface area is 115 Å². The summed E-state index contributed by atoms with van der Waals surface area (Å²) in [7, 11) is -3.75. The Bertz CT molecular complexity index is 682. The van der Waals surface area contributed by atoms with Gasteiger partial charge in [-0.15, -0.1) is 0 Å². The smallest absolute Gasteiger partial charge is 0.243 e. The lowest BCUT2D eigenvalue weighted by Gasteiger charge is -2.08. The molecule has 0 amide bonds. The topological polar surface area (TPSA) is 114 Å². The Kier molecular flexibility index (Phi) is 3.88. The van der Waals surface area contributed by atoms with Gasteiger partial charge in [0.15, 0.2) is 0 Å². The summed E-state index contributed by atoms with van der Waals surface area (Å²) in [4.78, 5) is 10.5. The first-order chi connectivity index (χ1) is 9.00. The van der Waals surface area contributed by atoms with E-state index in [9.17, 15) is 8.42 Å². The molecule has 9 heteroatoms. The Morgan fingerprint density at radius 2 is 2.21 bits per heavy atom. The van der Waals surface area contributed by atoms with Crippen LogP contribution in [0, 0.1) is 0 Å². The van der Waals surface area contributed by atoms with Crippen molar-refractivity contribution in [2.45, 2.75) is 11.4 Å². The fourth-order valence-electron chi connectivity index (χ4n) is 1.43. The zero-order valence-corrected chi connectivity index (χ0v) is 11.3. The lowest BCUT2D eigenvalue weighted by atomic mass is 10.3. The van der Waals surface area contributed by atoms with Crippen molar-refractivity contribution in [2.24, 2.45) is 5.73 Å².